The zero-order valence-electron chi connectivity index (χ0n) is 16.0. The Morgan fingerprint density at radius 2 is 2.00 bits per heavy atom. The number of rotatable bonds is 5. The van der Waals surface area contributed by atoms with Gasteiger partial charge in [-0.05, 0) is 69.8 Å². The largest absolute Gasteiger partial charge is 0.317 e. The fourth-order valence-electron chi connectivity index (χ4n) is 4.41. The molecule has 3 heterocycles. The van der Waals surface area contributed by atoms with Crippen molar-refractivity contribution in [1.29, 1.82) is 0 Å². The Kier molecular flexibility index (Phi) is 5.31. The molecular formula is C20H30N6. The third-order valence-corrected chi connectivity index (χ3v) is 6.07. The second kappa shape index (κ2) is 7.84. The van der Waals surface area contributed by atoms with Crippen LogP contribution in [-0.4, -0.2) is 44.8 Å². The highest BCUT2D eigenvalue weighted by atomic mass is 15.3. The predicted molar refractivity (Wildman–Crippen MR) is 102 cm³/mol. The molecule has 1 atom stereocenters. The lowest BCUT2D eigenvalue weighted by atomic mass is 9.91. The van der Waals surface area contributed by atoms with Gasteiger partial charge in [0.15, 0.2) is 0 Å². The predicted octanol–water partition coefficient (Wildman–Crippen LogP) is 2.26. The third kappa shape index (κ3) is 3.67. The molecule has 0 aromatic carbocycles. The molecule has 0 spiro atoms. The minimum atomic E-state index is 0.379. The van der Waals surface area contributed by atoms with E-state index in [2.05, 4.69) is 56.2 Å². The van der Waals surface area contributed by atoms with Gasteiger partial charge in [-0.25, -0.2) is 0 Å². The fraction of sp³-hybridized carbons (Fsp3) is 0.650. The molecule has 2 aliphatic rings. The average molecular weight is 355 g/mol. The number of piperidine rings is 1. The number of hydrogen-bond acceptors (Lipinski definition) is 5. The summed E-state index contributed by atoms with van der Waals surface area (Å²) in [5.74, 6) is 2.92. The highest BCUT2D eigenvalue weighted by Gasteiger charge is 2.26. The summed E-state index contributed by atoms with van der Waals surface area (Å²) in [5, 5.41) is 12.4. The van der Waals surface area contributed by atoms with Crippen LogP contribution in [0.2, 0.25) is 0 Å². The van der Waals surface area contributed by atoms with Crippen LogP contribution in [0.3, 0.4) is 0 Å². The Labute approximate surface area is 156 Å². The molecule has 0 saturated carbocycles. The van der Waals surface area contributed by atoms with Crippen molar-refractivity contribution in [2.24, 2.45) is 13.0 Å². The first-order valence-electron chi connectivity index (χ1n) is 9.94. The maximum atomic E-state index is 4.68. The summed E-state index contributed by atoms with van der Waals surface area (Å²) in [5.41, 5.74) is 2.65. The van der Waals surface area contributed by atoms with E-state index in [0.29, 0.717) is 6.04 Å². The van der Waals surface area contributed by atoms with Crippen LogP contribution in [0.15, 0.2) is 18.3 Å². The van der Waals surface area contributed by atoms with Crippen molar-refractivity contribution in [3.8, 4) is 0 Å². The summed E-state index contributed by atoms with van der Waals surface area (Å²) < 4.78 is 2.21. The van der Waals surface area contributed by atoms with Gasteiger partial charge in [0.25, 0.3) is 0 Å². The van der Waals surface area contributed by atoms with Gasteiger partial charge in [-0.15, -0.1) is 10.2 Å². The Bertz CT molecular complexity index is 734. The molecule has 0 amide bonds. The number of nitrogens with one attached hydrogen (secondary N) is 1. The van der Waals surface area contributed by atoms with Crippen molar-refractivity contribution in [2.45, 2.75) is 51.1 Å². The second-order valence-electron chi connectivity index (χ2n) is 7.86. The lowest BCUT2D eigenvalue weighted by Crippen LogP contribution is -2.30. The van der Waals surface area contributed by atoms with Gasteiger partial charge in [-0.2, -0.15) is 0 Å². The zero-order chi connectivity index (χ0) is 17.9. The van der Waals surface area contributed by atoms with Gasteiger partial charge < -0.3 is 9.88 Å². The first-order chi connectivity index (χ1) is 12.7. The van der Waals surface area contributed by atoms with Crippen LogP contribution in [0.4, 0.5) is 0 Å². The summed E-state index contributed by atoms with van der Waals surface area (Å²) in [7, 11) is 4.31. The summed E-state index contributed by atoms with van der Waals surface area (Å²) in [6.07, 6.45) is 9.00. The molecule has 2 aromatic heterocycles. The summed E-state index contributed by atoms with van der Waals surface area (Å²) in [6.45, 7) is 3.08. The van der Waals surface area contributed by atoms with Crippen molar-refractivity contribution in [3.05, 3.63) is 41.2 Å². The van der Waals surface area contributed by atoms with Crippen LogP contribution in [-0.2, 0) is 26.4 Å². The molecule has 140 valence electrons. The van der Waals surface area contributed by atoms with E-state index < -0.39 is 0 Å². The van der Waals surface area contributed by atoms with Gasteiger partial charge in [-0.1, -0.05) is 6.07 Å². The molecule has 0 bridgehead atoms. The topological polar surface area (TPSA) is 58.9 Å². The second-order valence-corrected chi connectivity index (χ2v) is 7.86. The Balaban J connectivity index is 1.44. The lowest BCUT2D eigenvalue weighted by molar-refractivity contribution is 0.201. The minimum absolute atomic E-state index is 0.379. The van der Waals surface area contributed by atoms with E-state index >= 15 is 0 Å². The number of nitrogens with zero attached hydrogens (tertiary/aromatic N) is 5. The summed E-state index contributed by atoms with van der Waals surface area (Å²) in [6, 6.07) is 4.66. The molecule has 1 aliphatic carbocycles. The molecule has 6 nitrogen and oxygen atoms in total. The first-order valence-corrected chi connectivity index (χ1v) is 9.94. The van der Waals surface area contributed by atoms with Gasteiger partial charge in [0.05, 0.1) is 18.3 Å². The molecule has 1 saturated heterocycles. The molecule has 26 heavy (non-hydrogen) atoms. The Morgan fingerprint density at radius 3 is 2.85 bits per heavy atom. The van der Waals surface area contributed by atoms with Crippen molar-refractivity contribution in [1.82, 2.24) is 30.0 Å². The number of hydrogen-bond donors (Lipinski definition) is 1. The molecule has 1 N–H and O–H groups in total. The SMILES string of the molecule is CN(Cc1nnc(CC2CCNCC2)n1C)C1CCCc2cccnc21. The minimum Gasteiger partial charge on any atom is -0.317 e. The Morgan fingerprint density at radius 1 is 1.19 bits per heavy atom. The molecule has 4 rings (SSSR count). The molecule has 6 heteroatoms. The molecule has 1 fully saturated rings. The van der Waals surface area contributed by atoms with Gasteiger partial charge in [0.1, 0.15) is 11.6 Å². The van der Waals surface area contributed by atoms with Crippen LogP contribution in [0.1, 0.15) is 54.6 Å². The number of aryl methyl sites for hydroxylation is 1. The molecule has 1 aliphatic heterocycles. The average Bonchev–Trinajstić information content (AvgIpc) is 3.02. The quantitative estimate of drug-likeness (QED) is 0.892. The van der Waals surface area contributed by atoms with Crippen LogP contribution in [0.25, 0.3) is 0 Å². The van der Waals surface area contributed by atoms with Crippen LogP contribution in [0, 0.1) is 5.92 Å². The van der Waals surface area contributed by atoms with Crippen LogP contribution in [0.5, 0.6) is 0 Å². The van der Waals surface area contributed by atoms with Crippen molar-refractivity contribution >= 4 is 0 Å². The molecule has 2 aromatic rings. The van der Waals surface area contributed by atoms with E-state index in [1.165, 1.54) is 36.9 Å². The van der Waals surface area contributed by atoms with Gasteiger partial charge in [-0.3, -0.25) is 9.88 Å². The van der Waals surface area contributed by atoms with Crippen molar-refractivity contribution < 1.29 is 0 Å². The number of pyridine rings is 1. The third-order valence-electron chi connectivity index (χ3n) is 6.07. The molecular weight excluding hydrogens is 324 g/mol. The van der Waals surface area contributed by atoms with E-state index in [9.17, 15) is 0 Å². The van der Waals surface area contributed by atoms with Crippen LogP contribution < -0.4 is 5.32 Å². The fourth-order valence-corrected chi connectivity index (χ4v) is 4.41. The van der Waals surface area contributed by atoms with Crippen molar-refractivity contribution in [3.63, 3.8) is 0 Å². The van der Waals surface area contributed by atoms with E-state index in [1.54, 1.807) is 0 Å². The lowest BCUT2D eigenvalue weighted by Gasteiger charge is -2.31. The highest BCUT2D eigenvalue weighted by Crippen LogP contribution is 2.32. The highest BCUT2D eigenvalue weighted by molar-refractivity contribution is 5.25. The maximum Gasteiger partial charge on any atom is 0.146 e. The van der Waals surface area contributed by atoms with Crippen molar-refractivity contribution in [2.75, 3.05) is 20.1 Å². The zero-order valence-corrected chi connectivity index (χ0v) is 16.0. The van der Waals surface area contributed by atoms with Gasteiger partial charge in [0, 0.05) is 19.7 Å². The van der Waals surface area contributed by atoms with Gasteiger partial charge >= 0.3 is 0 Å². The van der Waals surface area contributed by atoms with Crippen LogP contribution >= 0.6 is 0 Å². The number of fused-ring (bicyclic) bond motifs is 1. The standard InChI is InChI=1S/C20H30N6/c1-25(17-7-3-5-16-6-4-10-22-20(16)17)14-19-24-23-18(26(19)2)13-15-8-11-21-12-9-15/h4,6,10,15,17,21H,3,5,7-9,11-14H2,1-2H3. The summed E-state index contributed by atoms with van der Waals surface area (Å²) in [4.78, 5) is 7.07. The number of aromatic nitrogens is 4. The van der Waals surface area contributed by atoms with E-state index in [4.69, 9.17) is 0 Å². The summed E-state index contributed by atoms with van der Waals surface area (Å²) >= 11 is 0. The molecule has 1 unspecified atom stereocenters. The van der Waals surface area contributed by atoms with Gasteiger partial charge in [0.2, 0.25) is 0 Å². The van der Waals surface area contributed by atoms with E-state index in [1.807, 2.05) is 6.20 Å². The van der Waals surface area contributed by atoms with E-state index in [0.717, 1.165) is 50.0 Å². The smallest absolute Gasteiger partial charge is 0.146 e. The maximum absolute atomic E-state index is 4.68. The normalized spacial score (nSPS) is 21.1. The monoisotopic (exact) mass is 354 g/mol. The molecule has 0 radical (unpaired) electrons. The first kappa shape index (κ1) is 17.6. The van der Waals surface area contributed by atoms with E-state index in [-0.39, 0.29) is 0 Å². The Hall–Kier alpha value is -1.79.